The molecule has 3 saturated carbocycles. The highest BCUT2D eigenvalue weighted by Crippen LogP contribution is 2.52. The van der Waals surface area contributed by atoms with Crippen molar-refractivity contribution in [3.63, 3.8) is 0 Å². The highest BCUT2D eigenvalue weighted by Gasteiger charge is 2.48. The van der Waals surface area contributed by atoms with E-state index in [2.05, 4.69) is 15.0 Å². The van der Waals surface area contributed by atoms with Crippen molar-refractivity contribution in [2.24, 2.45) is 17.8 Å². The van der Waals surface area contributed by atoms with Crippen molar-refractivity contribution in [3.05, 3.63) is 41.7 Å². The number of H-pyrrole nitrogens is 1. The van der Waals surface area contributed by atoms with Gasteiger partial charge in [0.1, 0.15) is 17.1 Å². The van der Waals surface area contributed by atoms with Crippen LogP contribution >= 0.6 is 11.6 Å². The Balaban J connectivity index is 1.53. The molecule has 1 unspecified atom stereocenters. The summed E-state index contributed by atoms with van der Waals surface area (Å²) in [4.78, 5) is 28.5. The smallest absolute Gasteiger partial charge is 0.308 e. The van der Waals surface area contributed by atoms with E-state index in [0.717, 1.165) is 31.9 Å². The fourth-order valence-corrected chi connectivity index (χ4v) is 5.91. The third-order valence-electron chi connectivity index (χ3n) is 7.04. The molecule has 0 radical (unpaired) electrons. The number of aliphatic carboxylic acids is 1. The number of aromatic amines is 1. The van der Waals surface area contributed by atoms with E-state index in [1.807, 2.05) is 4.57 Å². The first-order chi connectivity index (χ1) is 15.0. The number of pyridine rings is 1. The van der Waals surface area contributed by atoms with E-state index in [1.54, 1.807) is 18.6 Å². The van der Waals surface area contributed by atoms with Crippen LogP contribution in [0.15, 0.2) is 30.9 Å². The van der Waals surface area contributed by atoms with Gasteiger partial charge in [0.05, 0.1) is 28.6 Å². The van der Waals surface area contributed by atoms with Gasteiger partial charge >= 0.3 is 5.97 Å². The maximum atomic E-state index is 13.8. The summed E-state index contributed by atoms with van der Waals surface area (Å²) in [6.07, 6.45) is 10.3. The molecule has 0 saturated heterocycles. The molecule has 4 heterocycles. The van der Waals surface area contributed by atoms with E-state index in [4.69, 9.17) is 16.6 Å². The molecule has 3 fully saturated rings. The quantitative estimate of drug-likeness (QED) is 0.476. The zero-order valence-corrected chi connectivity index (χ0v) is 17.2. The molecule has 4 aromatic rings. The fraction of sp³-hybridized carbons (Fsp3) is 0.364. The molecule has 2 atom stereocenters. The van der Waals surface area contributed by atoms with Crippen LogP contribution in [0.3, 0.4) is 0 Å². The van der Waals surface area contributed by atoms with Crippen LogP contribution < -0.4 is 0 Å². The van der Waals surface area contributed by atoms with Crippen molar-refractivity contribution in [3.8, 4) is 11.4 Å². The second kappa shape index (κ2) is 6.75. The van der Waals surface area contributed by atoms with Crippen molar-refractivity contribution in [2.75, 3.05) is 0 Å². The van der Waals surface area contributed by atoms with Gasteiger partial charge in [0.2, 0.25) is 0 Å². The summed E-state index contributed by atoms with van der Waals surface area (Å²) >= 11 is 6.51. The molecule has 2 N–H and O–H groups in total. The van der Waals surface area contributed by atoms with E-state index < -0.39 is 17.7 Å². The van der Waals surface area contributed by atoms with Gasteiger partial charge in [0.15, 0.2) is 5.82 Å². The Bertz CT molecular complexity index is 1340. The molecule has 3 aliphatic carbocycles. The van der Waals surface area contributed by atoms with Gasteiger partial charge in [0.25, 0.3) is 0 Å². The maximum Gasteiger partial charge on any atom is 0.308 e. The number of halogens is 2. The molecule has 4 aromatic heterocycles. The van der Waals surface area contributed by atoms with Crippen molar-refractivity contribution >= 4 is 39.6 Å². The Labute approximate surface area is 181 Å². The number of fused-ring (bicyclic) bond motifs is 5. The minimum atomic E-state index is -0.759. The summed E-state index contributed by atoms with van der Waals surface area (Å²) in [5.74, 6) is -0.789. The van der Waals surface area contributed by atoms with Gasteiger partial charge in [0, 0.05) is 29.5 Å². The Morgan fingerprint density at radius 1 is 1.16 bits per heavy atom. The second-order valence-corrected chi connectivity index (χ2v) is 9.00. The van der Waals surface area contributed by atoms with E-state index in [1.165, 1.54) is 6.07 Å². The molecule has 0 amide bonds. The molecule has 7 rings (SSSR count). The summed E-state index contributed by atoms with van der Waals surface area (Å²) < 4.78 is 15.7. The summed E-state index contributed by atoms with van der Waals surface area (Å²) in [5.41, 5.74) is 1.79. The SMILES string of the molecule is O=C(O)C1C2CCC(CC2)[C@@H]1n1cc(Cl)c2cnc(-c3c[nH]c4ncc(F)cc34)nc21. The fourth-order valence-electron chi connectivity index (χ4n) is 5.68. The van der Waals surface area contributed by atoms with Gasteiger partial charge in [-0.1, -0.05) is 11.6 Å². The van der Waals surface area contributed by atoms with Crippen LogP contribution in [0.4, 0.5) is 4.39 Å². The van der Waals surface area contributed by atoms with Crippen molar-refractivity contribution in [1.29, 1.82) is 0 Å². The number of carboxylic acids is 1. The van der Waals surface area contributed by atoms with Crippen LogP contribution in [-0.4, -0.2) is 35.6 Å². The Kier molecular flexibility index (Phi) is 4.08. The van der Waals surface area contributed by atoms with E-state index in [-0.39, 0.29) is 17.9 Å². The molecule has 0 aliphatic heterocycles. The van der Waals surface area contributed by atoms with Gasteiger partial charge in [-0.2, -0.15) is 0 Å². The molecule has 7 nitrogen and oxygen atoms in total. The topological polar surface area (TPSA) is 96.7 Å². The molecular formula is C22H19ClFN5O2. The molecule has 0 spiro atoms. The number of carbonyl (C=O) groups is 1. The number of rotatable bonds is 3. The van der Waals surface area contributed by atoms with Crippen LogP contribution in [0.2, 0.25) is 5.02 Å². The molecule has 158 valence electrons. The lowest BCUT2D eigenvalue weighted by Gasteiger charge is -2.47. The van der Waals surface area contributed by atoms with Gasteiger partial charge in [-0.3, -0.25) is 4.79 Å². The van der Waals surface area contributed by atoms with Crippen LogP contribution in [0.25, 0.3) is 33.5 Å². The normalized spacial score (nSPS) is 25.5. The first-order valence-corrected chi connectivity index (χ1v) is 10.8. The molecule has 0 aromatic carbocycles. The third kappa shape index (κ3) is 2.77. The van der Waals surface area contributed by atoms with Crippen LogP contribution in [-0.2, 0) is 4.79 Å². The standard InChI is InChI=1S/C22H19ClFN5O2/c23-16-9-29(18-11-3-1-10(2-4-11)17(18)22(30)31)21-15(16)8-27-20(28-21)14-7-26-19-13(14)5-12(24)6-25-19/h5-11,17-18H,1-4H2,(H,25,26)(H,30,31)/t10?,11?,17?,18-/m0/s1. The number of aromatic nitrogens is 5. The predicted molar refractivity (Wildman–Crippen MR) is 113 cm³/mol. The first-order valence-electron chi connectivity index (χ1n) is 10.4. The lowest BCUT2D eigenvalue weighted by molar-refractivity contribution is -0.151. The number of nitrogens with zero attached hydrogens (tertiary/aromatic N) is 4. The molecule has 3 aliphatic rings. The Morgan fingerprint density at radius 2 is 1.94 bits per heavy atom. The van der Waals surface area contributed by atoms with Crippen LogP contribution in [0.5, 0.6) is 0 Å². The molecular weight excluding hydrogens is 421 g/mol. The zero-order valence-electron chi connectivity index (χ0n) is 16.4. The lowest BCUT2D eigenvalue weighted by atomic mass is 9.61. The molecule has 2 bridgehead atoms. The average molecular weight is 440 g/mol. The molecule has 9 heteroatoms. The largest absolute Gasteiger partial charge is 0.481 e. The van der Waals surface area contributed by atoms with E-state index in [0.29, 0.717) is 38.5 Å². The summed E-state index contributed by atoms with van der Waals surface area (Å²) in [6, 6.07) is 1.21. The predicted octanol–water partition coefficient (Wildman–Crippen LogP) is 4.83. The Hall–Kier alpha value is -3.00. The average Bonchev–Trinajstić information content (AvgIpc) is 3.34. The highest BCUT2D eigenvalue weighted by atomic mass is 35.5. The minimum absolute atomic E-state index is 0.174. The van der Waals surface area contributed by atoms with Gasteiger partial charge in [-0.15, -0.1) is 0 Å². The number of carboxylic acid groups (broad SMARTS) is 1. The van der Waals surface area contributed by atoms with Crippen molar-refractivity contribution in [2.45, 2.75) is 31.7 Å². The van der Waals surface area contributed by atoms with E-state index >= 15 is 0 Å². The first kappa shape index (κ1) is 18.7. The summed E-state index contributed by atoms with van der Waals surface area (Å²) in [6.45, 7) is 0. The summed E-state index contributed by atoms with van der Waals surface area (Å²) in [5, 5.41) is 11.8. The Morgan fingerprint density at radius 3 is 2.71 bits per heavy atom. The third-order valence-corrected chi connectivity index (χ3v) is 7.34. The lowest BCUT2D eigenvalue weighted by Crippen LogP contribution is -2.44. The van der Waals surface area contributed by atoms with Crippen molar-refractivity contribution < 1.29 is 14.3 Å². The van der Waals surface area contributed by atoms with Gasteiger partial charge in [-0.05, 0) is 43.6 Å². The zero-order chi connectivity index (χ0) is 21.3. The van der Waals surface area contributed by atoms with Crippen LogP contribution in [0, 0.1) is 23.6 Å². The van der Waals surface area contributed by atoms with Gasteiger partial charge < -0.3 is 14.7 Å². The molecule has 31 heavy (non-hydrogen) atoms. The number of hydrogen-bond acceptors (Lipinski definition) is 4. The van der Waals surface area contributed by atoms with Gasteiger partial charge in [-0.25, -0.2) is 19.3 Å². The van der Waals surface area contributed by atoms with E-state index in [9.17, 15) is 14.3 Å². The monoisotopic (exact) mass is 439 g/mol. The summed E-state index contributed by atoms with van der Waals surface area (Å²) in [7, 11) is 0. The highest BCUT2D eigenvalue weighted by molar-refractivity contribution is 6.35. The van der Waals surface area contributed by atoms with Crippen LogP contribution in [0.1, 0.15) is 31.7 Å². The number of hydrogen-bond donors (Lipinski definition) is 2. The van der Waals surface area contributed by atoms with Crippen molar-refractivity contribution in [1.82, 2.24) is 24.5 Å². The maximum absolute atomic E-state index is 13.8. The second-order valence-electron chi connectivity index (χ2n) is 8.60. The number of nitrogens with one attached hydrogen (secondary N) is 1. The minimum Gasteiger partial charge on any atom is -0.481 e.